The Balaban J connectivity index is 2.02. The van der Waals surface area contributed by atoms with Crippen molar-refractivity contribution in [2.45, 2.75) is 26.2 Å². The van der Waals surface area contributed by atoms with Gasteiger partial charge in [-0.25, -0.2) is 9.18 Å². The highest BCUT2D eigenvalue weighted by Crippen LogP contribution is 2.40. The molecule has 1 aliphatic rings. The number of rotatable bonds is 4. The minimum absolute atomic E-state index is 0.287. The molecule has 0 spiro atoms. The molecule has 0 heterocycles. The molecular weight excluding hydrogens is 221 g/mol. The number of benzene rings is 1. The topological polar surface area (TPSA) is 49.3 Å². The number of halogens is 1. The van der Waals surface area contributed by atoms with Crippen molar-refractivity contribution in [3.63, 3.8) is 0 Å². The Morgan fingerprint density at radius 1 is 1.53 bits per heavy atom. The summed E-state index contributed by atoms with van der Waals surface area (Å²) < 4.78 is 13.4. The van der Waals surface area contributed by atoms with Crippen LogP contribution < -0.4 is 5.32 Å². The Labute approximate surface area is 99.7 Å². The van der Waals surface area contributed by atoms with Crippen LogP contribution in [0.5, 0.6) is 0 Å². The van der Waals surface area contributed by atoms with Gasteiger partial charge in [0.1, 0.15) is 5.82 Å². The summed E-state index contributed by atoms with van der Waals surface area (Å²) in [4.78, 5) is 10.6. The number of carboxylic acids is 1. The first kappa shape index (κ1) is 11.9. The average Bonchev–Trinajstić information content (AvgIpc) is 2.23. The minimum Gasteiger partial charge on any atom is -0.478 e. The van der Waals surface area contributed by atoms with Crippen LogP contribution in [0.3, 0.4) is 0 Å². The molecule has 0 aromatic heterocycles. The zero-order valence-corrected chi connectivity index (χ0v) is 9.79. The number of anilines is 1. The van der Waals surface area contributed by atoms with Gasteiger partial charge >= 0.3 is 5.97 Å². The van der Waals surface area contributed by atoms with Gasteiger partial charge in [0, 0.05) is 12.2 Å². The van der Waals surface area contributed by atoms with E-state index < -0.39 is 11.8 Å². The van der Waals surface area contributed by atoms with Gasteiger partial charge in [0.05, 0.1) is 5.56 Å². The molecule has 0 saturated heterocycles. The highest BCUT2D eigenvalue weighted by Gasteiger charge is 2.31. The van der Waals surface area contributed by atoms with Crippen LogP contribution in [0, 0.1) is 11.2 Å². The standard InChI is InChI=1S/C13H16FNO2/c1-13(5-2-6-13)8-15-9-3-4-10(12(16)17)11(14)7-9/h3-4,7,15H,2,5-6,8H2,1H3,(H,16,17). The molecule has 0 radical (unpaired) electrons. The van der Waals surface area contributed by atoms with Gasteiger partial charge in [-0.2, -0.15) is 0 Å². The number of carbonyl (C=O) groups is 1. The van der Waals surface area contributed by atoms with Gasteiger partial charge in [-0.3, -0.25) is 0 Å². The van der Waals surface area contributed by atoms with E-state index in [1.165, 1.54) is 31.4 Å². The van der Waals surface area contributed by atoms with Crippen LogP contribution in [-0.2, 0) is 0 Å². The van der Waals surface area contributed by atoms with Crippen molar-refractivity contribution >= 4 is 11.7 Å². The van der Waals surface area contributed by atoms with Gasteiger partial charge in [-0.15, -0.1) is 0 Å². The fourth-order valence-corrected chi connectivity index (χ4v) is 2.07. The lowest BCUT2D eigenvalue weighted by Crippen LogP contribution is -2.33. The van der Waals surface area contributed by atoms with E-state index in [4.69, 9.17) is 5.11 Å². The third-order valence-electron chi connectivity index (χ3n) is 3.48. The summed E-state index contributed by atoms with van der Waals surface area (Å²) in [6.45, 7) is 3.00. The maximum absolute atomic E-state index is 13.4. The van der Waals surface area contributed by atoms with Crippen molar-refractivity contribution in [1.29, 1.82) is 0 Å². The minimum atomic E-state index is -1.24. The van der Waals surface area contributed by atoms with Gasteiger partial charge in [0.25, 0.3) is 0 Å². The Kier molecular flexibility index (Phi) is 3.05. The zero-order valence-electron chi connectivity index (χ0n) is 9.79. The molecule has 2 N–H and O–H groups in total. The molecule has 0 atom stereocenters. The van der Waals surface area contributed by atoms with E-state index in [2.05, 4.69) is 12.2 Å². The molecule has 0 amide bonds. The van der Waals surface area contributed by atoms with Crippen molar-refractivity contribution in [2.75, 3.05) is 11.9 Å². The monoisotopic (exact) mass is 237 g/mol. The molecule has 1 fully saturated rings. The van der Waals surface area contributed by atoms with Crippen molar-refractivity contribution in [3.8, 4) is 0 Å². The van der Waals surface area contributed by atoms with E-state index in [1.54, 1.807) is 6.07 Å². The molecule has 17 heavy (non-hydrogen) atoms. The normalized spacial score (nSPS) is 17.3. The third-order valence-corrected chi connectivity index (χ3v) is 3.48. The molecule has 1 saturated carbocycles. The Morgan fingerprint density at radius 3 is 2.71 bits per heavy atom. The van der Waals surface area contributed by atoms with Gasteiger partial charge in [-0.1, -0.05) is 13.3 Å². The Bertz CT molecular complexity index is 441. The molecule has 0 aliphatic heterocycles. The molecular formula is C13H16FNO2. The SMILES string of the molecule is CC1(CNc2ccc(C(=O)O)c(F)c2)CCC1. The van der Waals surface area contributed by atoms with E-state index in [0.29, 0.717) is 11.1 Å². The zero-order chi connectivity index (χ0) is 12.5. The summed E-state index contributed by atoms with van der Waals surface area (Å²) in [5.74, 6) is -1.93. The van der Waals surface area contributed by atoms with Crippen molar-refractivity contribution in [1.82, 2.24) is 0 Å². The Hall–Kier alpha value is -1.58. The van der Waals surface area contributed by atoms with Crippen LogP contribution in [0.4, 0.5) is 10.1 Å². The highest BCUT2D eigenvalue weighted by atomic mass is 19.1. The van der Waals surface area contributed by atoms with Crippen LogP contribution in [0.2, 0.25) is 0 Å². The second-order valence-corrected chi connectivity index (χ2v) is 5.02. The van der Waals surface area contributed by atoms with E-state index in [1.807, 2.05) is 0 Å². The van der Waals surface area contributed by atoms with Gasteiger partial charge in [0.2, 0.25) is 0 Å². The third kappa shape index (κ3) is 2.57. The quantitative estimate of drug-likeness (QED) is 0.845. The molecule has 1 aromatic rings. The molecule has 92 valence electrons. The van der Waals surface area contributed by atoms with Gasteiger partial charge in [0.15, 0.2) is 0 Å². The first-order valence-corrected chi connectivity index (χ1v) is 5.77. The maximum atomic E-state index is 13.4. The molecule has 1 aromatic carbocycles. The fraction of sp³-hybridized carbons (Fsp3) is 0.462. The Morgan fingerprint density at radius 2 is 2.24 bits per heavy atom. The van der Waals surface area contributed by atoms with Crippen LogP contribution in [0.25, 0.3) is 0 Å². The predicted molar refractivity (Wildman–Crippen MR) is 63.8 cm³/mol. The van der Waals surface area contributed by atoms with Gasteiger partial charge in [-0.05, 0) is 36.5 Å². The van der Waals surface area contributed by atoms with E-state index in [-0.39, 0.29) is 5.56 Å². The molecule has 0 unspecified atom stereocenters. The lowest BCUT2D eigenvalue weighted by molar-refractivity contribution is 0.0692. The average molecular weight is 237 g/mol. The van der Waals surface area contributed by atoms with Crippen LogP contribution >= 0.6 is 0 Å². The van der Waals surface area contributed by atoms with Crippen molar-refractivity contribution in [3.05, 3.63) is 29.6 Å². The molecule has 1 aliphatic carbocycles. The van der Waals surface area contributed by atoms with Crippen LogP contribution in [-0.4, -0.2) is 17.6 Å². The van der Waals surface area contributed by atoms with E-state index >= 15 is 0 Å². The first-order valence-electron chi connectivity index (χ1n) is 5.77. The van der Waals surface area contributed by atoms with E-state index in [9.17, 15) is 9.18 Å². The number of hydrogen-bond donors (Lipinski definition) is 2. The number of carboxylic acid groups (broad SMARTS) is 1. The summed E-state index contributed by atoms with van der Waals surface area (Å²) in [6.07, 6.45) is 3.63. The second kappa shape index (κ2) is 4.35. The van der Waals surface area contributed by atoms with Crippen molar-refractivity contribution < 1.29 is 14.3 Å². The molecule has 3 nitrogen and oxygen atoms in total. The molecule has 0 bridgehead atoms. The van der Waals surface area contributed by atoms with Crippen LogP contribution in [0.1, 0.15) is 36.5 Å². The summed E-state index contributed by atoms with van der Waals surface area (Å²) in [5, 5.41) is 11.9. The number of hydrogen-bond acceptors (Lipinski definition) is 2. The summed E-state index contributed by atoms with van der Waals surface area (Å²) in [5.41, 5.74) is 0.660. The lowest BCUT2D eigenvalue weighted by atomic mass is 9.70. The first-order chi connectivity index (χ1) is 8.00. The molecule has 2 rings (SSSR count). The predicted octanol–water partition coefficient (Wildman–Crippen LogP) is 3.13. The fourth-order valence-electron chi connectivity index (χ4n) is 2.07. The highest BCUT2D eigenvalue weighted by molar-refractivity contribution is 5.88. The smallest absolute Gasteiger partial charge is 0.338 e. The van der Waals surface area contributed by atoms with Gasteiger partial charge < -0.3 is 10.4 Å². The van der Waals surface area contributed by atoms with Crippen molar-refractivity contribution in [2.24, 2.45) is 5.41 Å². The summed E-state index contributed by atoms with van der Waals surface area (Å²) >= 11 is 0. The second-order valence-electron chi connectivity index (χ2n) is 5.02. The maximum Gasteiger partial charge on any atom is 0.338 e. The van der Waals surface area contributed by atoms with Crippen LogP contribution in [0.15, 0.2) is 18.2 Å². The largest absolute Gasteiger partial charge is 0.478 e. The summed E-state index contributed by atoms with van der Waals surface area (Å²) in [7, 11) is 0. The van der Waals surface area contributed by atoms with E-state index in [0.717, 1.165) is 6.54 Å². The molecule has 4 heteroatoms. The number of nitrogens with one attached hydrogen (secondary N) is 1. The lowest BCUT2D eigenvalue weighted by Gasteiger charge is -2.38. The summed E-state index contributed by atoms with van der Waals surface area (Å²) in [6, 6.07) is 4.14. The number of aromatic carboxylic acids is 1.